The fourth-order valence-corrected chi connectivity index (χ4v) is 2.93. The van der Waals surface area contributed by atoms with Crippen LogP contribution in [-0.4, -0.2) is 40.5 Å². The summed E-state index contributed by atoms with van der Waals surface area (Å²) >= 11 is 0. The third-order valence-corrected chi connectivity index (χ3v) is 3.83. The fraction of sp³-hybridized carbons (Fsp3) is 0.526. The first-order chi connectivity index (χ1) is 11.4. The number of imide groups is 1. The van der Waals surface area contributed by atoms with E-state index in [9.17, 15) is 14.4 Å². The van der Waals surface area contributed by atoms with Crippen molar-refractivity contribution in [2.24, 2.45) is 5.92 Å². The van der Waals surface area contributed by atoms with E-state index in [1.165, 1.54) is 17.1 Å². The molecule has 0 aromatic rings. The number of hydrogen-bond donors (Lipinski definition) is 1. The van der Waals surface area contributed by atoms with E-state index >= 15 is 0 Å². The van der Waals surface area contributed by atoms with E-state index in [1.807, 2.05) is 13.8 Å². The number of hydrogen-bond acceptors (Lipinski definition) is 4. The molecular weight excluding hydrogens is 320 g/mol. The van der Waals surface area contributed by atoms with Crippen LogP contribution in [0.5, 0.6) is 0 Å². The molecule has 138 valence electrons. The maximum Gasteiger partial charge on any atom is 0.407 e. The van der Waals surface area contributed by atoms with Crippen molar-refractivity contribution in [2.45, 2.75) is 59.2 Å². The second kappa shape index (κ2) is 7.68. The van der Waals surface area contributed by atoms with Gasteiger partial charge < -0.3 is 10.1 Å². The molecule has 2 unspecified atom stereocenters. The molecule has 0 aliphatic carbocycles. The van der Waals surface area contributed by atoms with Gasteiger partial charge in [0.2, 0.25) is 0 Å². The van der Waals surface area contributed by atoms with Crippen molar-refractivity contribution < 1.29 is 19.1 Å². The van der Waals surface area contributed by atoms with E-state index in [1.54, 1.807) is 27.7 Å². The van der Waals surface area contributed by atoms with Crippen LogP contribution in [0.4, 0.5) is 4.79 Å². The minimum atomic E-state index is -0.635. The average molecular weight is 348 g/mol. The molecule has 2 atom stereocenters. The van der Waals surface area contributed by atoms with Crippen LogP contribution in [0.1, 0.15) is 41.5 Å². The fourth-order valence-electron chi connectivity index (χ4n) is 2.93. The van der Waals surface area contributed by atoms with Crippen molar-refractivity contribution in [3.05, 3.63) is 36.5 Å². The van der Waals surface area contributed by atoms with E-state index in [-0.39, 0.29) is 17.1 Å². The van der Waals surface area contributed by atoms with Gasteiger partial charge in [-0.2, -0.15) is 0 Å². The molecule has 0 spiro atoms. The maximum atomic E-state index is 12.7. The van der Waals surface area contributed by atoms with Crippen LogP contribution >= 0.6 is 0 Å². The zero-order valence-corrected chi connectivity index (χ0v) is 15.9. The van der Waals surface area contributed by atoms with Crippen LogP contribution in [0.2, 0.25) is 0 Å². The van der Waals surface area contributed by atoms with E-state index < -0.39 is 35.6 Å². The monoisotopic (exact) mass is 348 g/mol. The van der Waals surface area contributed by atoms with Crippen molar-refractivity contribution in [2.75, 3.05) is 0 Å². The predicted molar refractivity (Wildman–Crippen MR) is 96.7 cm³/mol. The van der Waals surface area contributed by atoms with Gasteiger partial charge in [0.15, 0.2) is 0 Å². The molecule has 0 aromatic heterocycles. The molecular formula is C19H28N2O4. The van der Waals surface area contributed by atoms with Crippen LogP contribution in [0.3, 0.4) is 0 Å². The molecule has 3 amide bonds. The smallest absolute Gasteiger partial charge is 0.407 e. The SMILES string of the molecule is C=CC1=C(C=C)C(=O)N(C(C(C)C)C(C)NC(=O)OC(C)(C)C)C1=O. The van der Waals surface area contributed by atoms with Gasteiger partial charge in [-0.05, 0) is 33.6 Å². The minimum absolute atomic E-state index is 0.0759. The van der Waals surface area contributed by atoms with Crippen LogP contribution in [0.25, 0.3) is 0 Å². The quantitative estimate of drug-likeness (QED) is 0.749. The van der Waals surface area contributed by atoms with Crippen molar-refractivity contribution in [3.8, 4) is 0 Å². The molecule has 1 heterocycles. The van der Waals surface area contributed by atoms with Crippen LogP contribution < -0.4 is 5.32 Å². The summed E-state index contributed by atoms with van der Waals surface area (Å²) in [5.74, 6) is -0.925. The molecule has 25 heavy (non-hydrogen) atoms. The summed E-state index contributed by atoms with van der Waals surface area (Å²) in [6, 6.07) is -1.02. The summed E-state index contributed by atoms with van der Waals surface area (Å²) in [4.78, 5) is 38.6. The van der Waals surface area contributed by atoms with Gasteiger partial charge in [-0.25, -0.2) is 4.79 Å². The van der Waals surface area contributed by atoms with Gasteiger partial charge in [0, 0.05) is 0 Å². The zero-order chi connectivity index (χ0) is 19.5. The predicted octanol–water partition coefficient (Wildman–Crippen LogP) is 2.96. The van der Waals surface area contributed by atoms with Crippen LogP contribution in [0.15, 0.2) is 36.5 Å². The van der Waals surface area contributed by atoms with E-state index in [0.29, 0.717) is 0 Å². The summed E-state index contributed by atoms with van der Waals surface area (Å²) in [7, 11) is 0. The second-order valence-corrected chi connectivity index (χ2v) is 7.39. The normalized spacial score (nSPS) is 17.6. The van der Waals surface area contributed by atoms with Gasteiger partial charge in [0.1, 0.15) is 5.60 Å². The Bertz CT molecular complexity index is 596. The van der Waals surface area contributed by atoms with Gasteiger partial charge in [-0.1, -0.05) is 39.2 Å². The molecule has 1 rings (SSSR count). The summed E-state index contributed by atoms with van der Waals surface area (Å²) in [6.45, 7) is 18.0. The molecule has 0 saturated carbocycles. The van der Waals surface area contributed by atoms with Gasteiger partial charge in [0.25, 0.3) is 11.8 Å². The standard InChI is InChI=1S/C19H28N2O4/c1-9-13-14(10-2)17(23)21(16(13)22)15(11(3)4)12(5)20-18(24)25-19(6,7)8/h9-12,15H,1-2H2,3-8H3,(H,20,24). The van der Waals surface area contributed by atoms with Crippen molar-refractivity contribution in [1.29, 1.82) is 0 Å². The number of alkyl carbamates (subject to hydrolysis) is 1. The molecule has 6 heteroatoms. The first kappa shape index (κ1) is 20.7. The zero-order valence-electron chi connectivity index (χ0n) is 15.9. The highest BCUT2D eigenvalue weighted by Crippen LogP contribution is 2.28. The number of amides is 3. The minimum Gasteiger partial charge on any atom is -0.444 e. The lowest BCUT2D eigenvalue weighted by Crippen LogP contribution is -2.55. The summed E-state index contributed by atoms with van der Waals surface area (Å²) < 4.78 is 5.26. The number of rotatable bonds is 6. The average Bonchev–Trinajstić information content (AvgIpc) is 2.68. The molecule has 0 aromatic carbocycles. The molecule has 1 aliphatic rings. The lowest BCUT2D eigenvalue weighted by molar-refractivity contribution is -0.142. The summed E-state index contributed by atoms with van der Waals surface area (Å²) in [5.41, 5.74) is -0.172. The first-order valence-electron chi connectivity index (χ1n) is 8.31. The molecule has 6 nitrogen and oxygen atoms in total. The number of carbonyl (C=O) groups is 3. The van der Waals surface area contributed by atoms with Crippen LogP contribution in [0, 0.1) is 5.92 Å². The van der Waals surface area contributed by atoms with E-state index in [2.05, 4.69) is 18.5 Å². The van der Waals surface area contributed by atoms with E-state index in [4.69, 9.17) is 4.74 Å². The number of nitrogens with one attached hydrogen (secondary N) is 1. The van der Waals surface area contributed by atoms with Gasteiger partial charge in [0.05, 0.1) is 23.2 Å². The van der Waals surface area contributed by atoms with Crippen molar-refractivity contribution in [1.82, 2.24) is 10.2 Å². The summed E-state index contributed by atoms with van der Waals surface area (Å²) in [5, 5.41) is 2.72. The van der Waals surface area contributed by atoms with Crippen molar-refractivity contribution >= 4 is 17.9 Å². The Balaban J connectivity index is 3.07. The Morgan fingerprint density at radius 2 is 1.52 bits per heavy atom. The second-order valence-electron chi connectivity index (χ2n) is 7.39. The Morgan fingerprint density at radius 3 is 1.84 bits per heavy atom. The maximum absolute atomic E-state index is 12.7. The van der Waals surface area contributed by atoms with E-state index in [0.717, 1.165) is 0 Å². The molecule has 0 bridgehead atoms. The molecule has 1 aliphatic heterocycles. The first-order valence-corrected chi connectivity index (χ1v) is 8.31. The van der Waals surface area contributed by atoms with Gasteiger partial charge in [-0.15, -0.1) is 0 Å². The third kappa shape index (κ3) is 4.59. The molecule has 0 saturated heterocycles. The Kier molecular flexibility index (Phi) is 6.35. The van der Waals surface area contributed by atoms with Crippen molar-refractivity contribution in [3.63, 3.8) is 0 Å². The number of nitrogens with zero attached hydrogens (tertiary/aromatic N) is 1. The lowest BCUT2D eigenvalue weighted by atomic mass is 9.95. The Labute approximate surface area is 149 Å². The van der Waals surface area contributed by atoms with Gasteiger partial charge >= 0.3 is 6.09 Å². The highest BCUT2D eigenvalue weighted by Gasteiger charge is 2.43. The number of carbonyl (C=O) groups excluding carboxylic acids is 3. The molecule has 0 fully saturated rings. The molecule has 1 N–H and O–H groups in total. The highest BCUT2D eigenvalue weighted by atomic mass is 16.6. The molecule has 0 radical (unpaired) electrons. The highest BCUT2D eigenvalue weighted by molar-refractivity contribution is 6.22. The topological polar surface area (TPSA) is 75.7 Å². The largest absolute Gasteiger partial charge is 0.444 e. The Morgan fingerprint density at radius 1 is 1.08 bits per heavy atom. The summed E-state index contributed by atoms with van der Waals surface area (Å²) in [6.07, 6.45) is 2.13. The third-order valence-electron chi connectivity index (χ3n) is 3.83. The van der Waals surface area contributed by atoms with Crippen LogP contribution in [-0.2, 0) is 14.3 Å². The van der Waals surface area contributed by atoms with Gasteiger partial charge in [-0.3, -0.25) is 14.5 Å². The number of ether oxygens (including phenoxy) is 1. The lowest BCUT2D eigenvalue weighted by Gasteiger charge is -2.35. The Hall–Kier alpha value is -2.37.